The molecular weight excluding hydrogens is 182 g/mol. The topological polar surface area (TPSA) is 12.0 Å². The molecule has 0 unspecified atom stereocenters. The maximum absolute atomic E-state index is 3.42. The molecule has 1 aliphatic rings. The summed E-state index contributed by atoms with van der Waals surface area (Å²) in [6.07, 6.45) is 1.23. The molecule has 15 heavy (non-hydrogen) atoms. The molecule has 1 fully saturated rings. The van der Waals surface area contributed by atoms with Crippen molar-refractivity contribution in [2.24, 2.45) is 11.3 Å². The van der Waals surface area contributed by atoms with Gasteiger partial charge in [-0.2, -0.15) is 0 Å². The van der Waals surface area contributed by atoms with Gasteiger partial charge in [-0.15, -0.1) is 0 Å². The van der Waals surface area contributed by atoms with Crippen LogP contribution in [-0.4, -0.2) is 13.1 Å². The lowest BCUT2D eigenvalue weighted by atomic mass is 9.68. The Morgan fingerprint density at radius 2 is 1.93 bits per heavy atom. The quantitative estimate of drug-likeness (QED) is 0.796. The van der Waals surface area contributed by atoms with E-state index in [1.807, 2.05) is 0 Å². The van der Waals surface area contributed by atoms with Crippen molar-refractivity contribution >= 4 is 0 Å². The van der Waals surface area contributed by atoms with Crippen molar-refractivity contribution in [3.05, 3.63) is 35.4 Å². The molecule has 1 heteroatoms. The molecule has 0 saturated carbocycles. The molecule has 1 aliphatic heterocycles. The number of hydrogen-bond acceptors (Lipinski definition) is 1. The fourth-order valence-electron chi connectivity index (χ4n) is 2.37. The molecule has 0 aliphatic carbocycles. The second-order valence-electron chi connectivity index (χ2n) is 5.22. The van der Waals surface area contributed by atoms with Gasteiger partial charge in [-0.1, -0.05) is 38.1 Å². The van der Waals surface area contributed by atoms with Crippen molar-refractivity contribution in [2.75, 3.05) is 13.1 Å². The summed E-state index contributed by atoms with van der Waals surface area (Å²) >= 11 is 0. The normalized spacial score (nSPS) is 18.9. The van der Waals surface area contributed by atoms with Crippen molar-refractivity contribution in [1.29, 1.82) is 0 Å². The Balaban J connectivity index is 2.17. The minimum absolute atomic E-state index is 0.506. The number of nitrogens with one attached hydrogen (secondary N) is 1. The minimum Gasteiger partial charge on any atom is -0.315 e. The second kappa shape index (κ2) is 3.97. The van der Waals surface area contributed by atoms with Crippen LogP contribution in [0.25, 0.3) is 0 Å². The Morgan fingerprint density at radius 1 is 1.27 bits per heavy atom. The molecule has 0 radical (unpaired) electrons. The van der Waals surface area contributed by atoms with E-state index in [4.69, 9.17) is 0 Å². The van der Waals surface area contributed by atoms with Crippen LogP contribution in [-0.2, 0) is 6.42 Å². The fraction of sp³-hybridized carbons (Fsp3) is 0.571. The fourth-order valence-corrected chi connectivity index (χ4v) is 2.37. The summed E-state index contributed by atoms with van der Waals surface area (Å²) in [4.78, 5) is 0. The Hall–Kier alpha value is -0.820. The maximum Gasteiger partial charge on any atom is 0.00259 e. The maximum atomic E-state index is 3.42. The van der Waals surface area contributed by atoms with E-state index in [0.717, 1.165) is 5.92 Å². The van der Waals surface area contributed by atoms with Gasteiger partial charge in [0.1, 0.15) is 0 Å². The first-order valence-electron chi connectivity index (χ1n) is 5.89. The Bertz CT molecular complexity index is 337. The molecule has 0 bridgehead atoms. The van der Waals surface area contributed by atoms with Gasteiger partial charge in [-0.3, -0.25) is 0 Å². The lowest BCUT2D eigenvalue weighted by Crippen LogP contribution is -2.57. The lowest BCUT2D eigenvalue weighted by molar-refractivity contribution is 0.0993. The Labute approximate surface area is 92.9 Å². The van der Waals surface area contributed by atoms with Crippen molar-refractivity contribution in [3.8, 4) is 0 Å². The first kappa shape index (κ1) is 10.7. The average Bonchev–Trinajstić information content (AvgIpc) is 2.13. The van der Waals surface area contributed by atoms with E-state index in [9.17, 15) is 0 Å². The van der Waals surface area contributed by atoms with Gasteiger partial charge in [0, 0.05) is 18.5 Å². The molecule has 0 aromatic heterocycles. The first-order chi connectivity index (χ1) is 7.14. The standard InChI is InChI=1S/C14H21N/c1-11(2)14(9-15-10-14)8-13-7-5-4-6-12(13)3/h4-7,11,15H,8-10H2,1-3H3. The first-order valence-corrected chi connectivity index (χ1v) is 5.89. The van der Waals surface area contributed by atoms with Crippen LogP contribution in [0.5, 0.6) is 0 Å². The summed E-state index contributed by atoms with van der Waals surface area (Å²) < 4.78 is 0. The van der Waals surface area contributed by atoms with Crippen LogP contribution < -0.4 is 5.32 Å². The molecular formula is C14H21N. The van der Waals surface area contributed by atoms with Gasteiger partial charge in [0.25, 0.3) is 0 Å². The highest BCUT2D eigenvalue weighted by atomic mass is 15.0. The van der Waals surface area contributed by atoms with Gasteiger partial charge in [-0.25, -0.2) is 0 Å². The monoisotopic (exact) mass is 203 g/mol. The minimum atomic E-state index is 0.506. The van der Waals surface area contributed by atoms with E-state index in [1.165, 1.54) is 30.6 Å². The van der Waals surface area contributed by atoms with Crippen LogP contribution in [0.2, 0.25) is 0 Å². The van der Waals surface area contributed by atoms with Gasteiger partial charge < -0.3 is 5.32 Å². The van der Waals surface area contributed by atoms with E-state index in [1.54, 1.807) is 0 Å². The zero-order valence-corrected chi connectivity index (χ0v) is 10.0. The van der Waals surface area contributed by atoms with Crippen LogP contribution in [0.15, 0.2) is 24.3 Å². The summed E-state index contributed by atoms with van der Waals surface area (Å²) in [5.74, 6) is 0.762. The zero-order chi connectivity index (χ0) is 10.9. The third-order valence-corrected chi connectivity index (χ3v) is 3.98. The SMILES string of the molecule is Cc1ccccc1CC1(C(C)C)CNC1. The zero-order valence-electron chi connectivity index (χ0n) is 10.0. The summed E-state index contributed by atoms with van der Waals surface area (Å²) in [6.45, 7) is 9.27. The third-order valence-electron chi connectivity index (χ3n) is 3.98. The van der Waals surface area contributed by atoms with Gasteiger partial charge in [0.15, 0.2) is 0 Å². The number of aryl methyl sites for hydroxylation is 1. The molecule has 1 aromatic carbocycles. The largest absolute Gasteiger partial charge is 0.315 e. The molecule has 1 saturated heterocycles. The van der Waals surface area contributed by atoms with Crippen molar-refractivity contribution in [3.63, 3.8) is 0 Å². The van der Waals surface area contributed by atoms with E-state index in [-0.39, 0.29) is 0 Å². The van der Waals surface area contributed by atoms with Gasteiger partial charge in [0.05, 0.1) is 0 Å². The van der Waals surface area contributed by atoms with Crippen LogP contribution in [0.4, 0.5) is 0 Å². The average molecular weight is 203 g/mol. The van der Waals surface area contributed by atoms with E-state index >= 15 is 0 Å². The van der Waals surface area contributed by atoms with Crippen LogP contribution >= 0.6 is 0 Å². The molecule has 1 aromatic rings. The van der Waals surface area contributed by atoms with E-state index < -0.39 is 0 Å². The molecule has 2 rings (SSSR count). The van der Waals surface area contributed by atoms with Crippen molar-refractivity contribution in [2.45, 2.75) is 27.2 Å². The number of hydrogen-bond donors (Lipinski definition) is 1. The summed E-state index contributed by atoms with van der Waals surface area (Å²) in [7, 11) is 0. The molecule has 1 nitrogen and oxygen atoms in total. The predicted molar refractivity (Wildman–Crippen MR) is 65.0 cm³/mol. The Kier molecular flexibility index (Phi) is 2.83. The van der Waals surface area contributed by atoms with Crippen LogP contribution in [0.1, 0.15) is 25.0 Å². The molecule has 0 spiro atoms. The van der Waals surface area contributed by atoms with Gasteiger partial charge in [0.2, 0.25) is 0 Å². The number of benzene rings is 1. The predicted octanol–water partition coefficient (Wildman–Crippen LogP) is 2.78. The molecule has 0 amide bonds. The Morgan fingerprint density at radius 3 is 2.40 bits per heavy atom. The second-order valence-corrected chi connectivity index (χ2v) is 5.22. The highest BCUT2D eigenvalue weighted by Gasteiger charge is 2.39. The number of rotatable bonds is 3. The van der Waals surface area contributed by atoms with Crippen molar-refractivity contribution in [1.82, 2.24) is 5.32 Å². The molecule has 1 N–H and O–H groups in total. The smallest absolute Gasteiger partial charge is 0.00259 e. The highest BCUT2D eigenvalue weighted by molar-refractivity contribution is 5.27. The lowest BCUT2D eigenvalue weighted by Gasteiger charge is -2.46. The van der Waals surface area contributed by atoms with Crippen LogP contribution in [0.3, 0.4) is 0 Å². The van der Waals surface area contributed by atoms with Gasteiger partial charge >= 0.3 is 0 Å². The molecule has 0 atom stereocenters. The van der Waals surface area contributed by atoms with Crippen molar-refractivity contribution < 1.29 is 0 Å². The molecule has 82 valence electrons. The highest BCUT2D eigenvalue weighted by Crippen LogP contribution is 2.36. The summed E-state index contributed by atoms with van der Waals surface area (Å²) in [5.41, 5.74) is 3.46. The summed E-state index contributed by atoms with van der Waals surface area (Å²) in [6, 6.07) is 8.77. The van der Waals surface area contributed by atoms with E-state index in [2.05, 4.69) is 50.4 Å². The van der Waals surface area contributed by atoms with Crippen LogP contribution in [0, 0.1) is 18.3 Å². The van der Waals surface area contributed by atoms with Gasteiger partial charge in [-0.05, 0) is 30.4 Å². The third kappa shape index (κ3) is 1.93. The van der Waals surface area contributed by atoms with E-state index in [0.29, 0.717) is 5.41 Å². The molecule has 1 heterocycles. The summed E-state index contributed by atoms with van der Waals surface area (Å²) in [5, 5.41) is 3.42.